The van der Waals surface area contributed by atoms with Crippen molar-refractivity contribution in [1.29, 1.82) is 0 Å². The second-order valence-corrected chi connectivity index (χ2v) is 14.7. The van der Waals surface area contributed by atoms with Gasteiger partial charge in [-0.3, -0.25) is 0 Å². The molecule has 0 aliphatic rings. The van der Waals surface area contributed by atoms with Crippen molar-refractivity contribution in [3.8, 4) is 0 Å². The van der Waals surface area contributed by atoms with E-state index in [1.807, 2.05) is 44.2 Å². The summed E-state index contributed by atoms with van der Waals surface area (Å²) in [7, 11) is -2.45. The second-order valence-electron chi connectivity index (χ2n) is 6.93. The topological polar surface area (TPSA) is 38.2 Å². The molecule has 19 heavy (non-hydrogen) atoms. The number of aryl methyl sites for hydroxylation is 1. The standard InChI is InChI=1S/C13H28N3OSSi/c1-12(2)18(17,16-10-9-15(6)11-16)14-19(7,8)13(3,4)5/h9-12H,1-8H3/q+1. The van der Waals surface area contributed by atoms with Crippen molar-refractivity contribution < 1.29 is 8.78 Å². The Kier molecular flexibility index (Phi) is 4.37. The number of nitrogens with zero attached hydrogens (tertiary/aromatic N) is 3. The van der Waals surface area contributed by atoms with E-state index in [2.05, 4.69) is 33.9 Å². The Hall–Kier alpha value is -0.623. The third kappa shape index (κ3) is 3.28. The first kappa shape index (κ1) is 16.4. The Balaban J connectivity index is 3.49. The molecule has 0 saturated heterocycles. The first-order chi connectivity index (χ1) is 8.40. The van der Waals surface area contributed by atoms with E-state index in [4.69, 9.17) is 4.03 Å². The van der Waals surface area contributed by atoms with Gasteiger partial charge in [-0.15, -0.1) is 3.97 Å². The van der Waals surface area contributed by atoms with Crippen LogP contribution in [-0.2, 0) is 17.0 Å². The fourth-order valence-electron chi connectivity index (χ4n) is 1.44. The molecule has 1 aromatic rings. The smallest absolute Gasteiger partial charge is 0.243 e. The molecule has 1 unspecified atom stereocenters. The van der Waals surface area contributed by atoms with Gasteiger partial charge in [-0.2, -0.15) is 0 Å². The highest BCUT2D eigenvalue weighted by Crippen LogP contribution is 2.38. The molecule has 0 aromatic carbocycles. The molecule has 0 saturated carbocycles. The highest BCUT2D eigenvalue weighted by molar-refractivity contribution is 7.93. The van der Waals surface area contributed by atoms with E-state index < -0.39 is 18.2 Å². The summed E-state index contributed by atoms with van der Waals surface area (Å²) >= 11 is 0. The summed E-state index contributed by atoms with van der Waals surface area (Å²) in [6.45, 7) is 14.9. The van der Waals surface area contributed by atoms with Gasteiger partial charge in [0, 0.05) is 0 Å². The van der Waals surface area contributed by atoms with Crippen molar-refractivity contribution in [3.63, 3.8) is 0 Å². The lowest BCUT2D eigenvalue weighted by atomic mass is 10.2. The van der Waals surface area contributed by atoms with Crippen molar-refractivity contribution in [1.82, 2.24) is 3.97 Å². The zero-order valence-electron chi connectivity index (χ0n) is 13.5. The van der Waals surface area contributed by atoms with Gasteiger partial charge < -0.3 is 0 Å². The predicted octanol–water partition coefficient (Wildman–Crippen LogP) is 2.96. The number of hydrogen-bond acceptors (Lipinski definition) is 2. The normalized spacial score (nSPS) is 16.5. The minimum atomic E-state index is -2.42. The molecule has 0 N–H and O–H groups in total. The van der Waals surface area contributed by atoms with Crippen LogP contribution in [0, 0.1) is 0 Å². The van der Waals surface area contributed by atoms with Crippen LogP contribution in [0.3, 0.4) is 0 Å². The molecule has 0 spiro atoms. The van der Waals surface area contributed by atoms with Crippen LogP contribution in [0.25, 0.3) is 0 Å². The second kappa shape index (κ2) is 5.05. The van der Waals surface area contributed by atoms with Gasteiger partial charge in [-0.25, -0.2) is 12.8 Å². The van der Waals surface area contributed by atoms with E-state index in [-0.39, 0.29) is 10.3 Å². The monoisotopic (exact) mass is 302 g/mol. The van der Waals surface area contributed by atoms with Crippen LogP contribution >= 0.6 is 0 Å². The number of imidazole rings is 1. The SMILES string of the molecule is CC(C)S(=O)(=N[Si](C)(C)C(C)(C)C)n1cc[n+](C)c1. The summed E-state index contributed by atoms with van der Waals surface area (Å²) in [6.07, 6.45) is 5.63. The molecule has 0 aliphatic heterocycles. The third-order valence-electron chi connectivity index (χ3n) is 3.86. The molecule has 0 fully saturated rings. The average Bonchev–Trinajstić information content (AvgIpc) is 2.62. The van der Waals surface area contributed by atoms with Crippen LogP contribution in [-0.4, -0.2) is 21.7 Å². The molecule has 1 rings (SSSR count). The number of rotatable bonds is 3. The summed E-state index contributed by atoms with van der Waals surface area (Å²) < 4.78 is 22.0. The van der Waals surface area contributed by atoms with Crippen molar-refractivity contribution in [2.24, 2.45) is 11.1 Å². The van der Waals surface area contributed by atoms with E-state index in [0.29, 0.717) is 0 Å². The molecule has 1 aromatic heterocycles. The molecule has 0 aliphatic carbocycles. The molecule has 6 heteroatoms. The Bertz CT molecular complexity index is 561. The minimum Gasteiger partial charge on any atom is -0.243 e. The van der Waals surface area contributed by atoms with Crippen molar-refractivity contribution in [2.45, 2.75) is 58.0 Å². The molecule has 4 nitrogen and oxygen atoms in total. The summed E-state index contributed by atoms with van der Waals surface area (Å²) in [5.41, 5.74) is 0. The lowest BCUT2D eigenvalue weighted by molar-refractivity contribution is -0.670. The van der Waals surface area contributed by atoms with E-state index in [1.165, 1.54) is 0 Å². The molecular formula is C13H28N3OSSi+. The molecule has 0 amide bonds. The van der Waals surface area contributed by atoms with Gasteiger partial charge in [0.2, 0.25) is 0 Å². The van der Waals surface area contributed by atoms with Gasteiger partial charge in [0.15, 0.2) is 18.2 Å². The van der Waals surface area contributed by atoms with Gasteiger partial charge in [0.1, 0.15) is 12.4 Å². The van der Waals surface area contributed by atoms with Crippen LogP contribution in [0.15, 0.2) is 22.7 Å². The van der Waals surface area contributed by atoms with Crippen molar-refractivity contribution in [2.75, 3.05) is 0 Å². The fraction of sp³-hybridized carbons (Fsp3) is 0.769. The first-order valence-corrected chi connectivity index (χ1v) is 11.2. The molecule has 110 valence electrons. The van der Waals surface area contributed by atoms with Crippen LogP contribution < -0.4 is 4.57 Å². The summed E-state index contributed by atoms with van der Waals surface area (Å²) in [6, 6.07) is 0. The maximum atomic E-state index is 13.4. The maximum Gasteiger partial charge on any atom is 0.257 e. The molecule has 0 radical (unpaired) electrons. The van der Waals surface area contributed by atoms with Gasteiger partial charge in [-0.1, -0.05) is 20.8 Å². The number of hydrogen-bond donors (Lipinski definition) is 0. The Morgan fingerprint density at radius 1 is 1.32 bits per heavy atom. The molecule has 0 bridgehead atoms. The molecule has 1 atom stereocenters. The van der Waals surface area contributed by atoms with Gasteiger partial charge in [-0.05, 0) is 32.0 Å². The highest BCUT2D eigenvalue weighted by Gasteiger charge is 2.39. The highest BCUT2D eigenvalue weighted by atomic mass is 32.2. The third-order valence-corrected chi connectivity index (χ3v) is 12.4. The summed E-state index contributed by atoms with van der Waals surface area (Å²) in [5.74, 6) is 0. The van der Waals surface area contributed by atoms with Crippen LogP contribution in [0.1, 0.15) is 34.6 Å². The van der Waals surface area contributed by atoms with E-state index in [0.717, 1.165) is 0 Å². The van der Waals surface area contributed by atoms with Crippen molar-refractivity contribution >= 4 is 18.2 Å². The van der Waals surface area contributed by atoms with Gasteiger partial charge >= 0.3 is 0 Å². The fourth-order valence-corrected chi connectivity index (χ4v) is 7.37. The lowest BCUT2D eigenvalue weighted by Crippen LogP contribution is -2.39. The van der Waals surface area contributed by atoms with Crippen LogP contribution in [0.5, 0.6) is 0 Å². The van der Waals surface area contributed by atoms with Gasteiger partial charge in [0.05, 0.1) is 12.3 Å². The first-order valence-electron chi connectivity index (χ1n) is 6.71. The van der Waals surface area contributed by atoms with Crippen molar-refractivity contribution in [3.05, 3.63) is 18.7 Å². The Morgan fingerprint density at radius 3 is 2.16 bits per heavy atom. The lowest BCUT2D eigenvalue weighted by Gasteiger charge is -2.33. The van der Waals surface area contributed by atoms with Crippen LogP contribution in [0.4, 0.5) is 0 Å². The zero-order chi connectivity index (χ0) is 15.1. The summed E-state index contributed by atoms with van der Waals surface area (Å²) in [4.78, 5) is 0. The molecular weight excluding hydrogens is 274 g/mol. The predicted molar refractivity (Wildman–Crippen MR) is 83.9 cm³/mol. The Morgan fingerprint density at radius 2 is 1.84 bits per heavy atom. The maximum absolute atomic E-state index is 13.4. The summed E-state index contributed by atoms with van der Waals surface area (Å²) in [5, 5.41) is 0.0916. The average molecular weight is 303 g/mol. The van der Waals surface area contributed by atoms with Crippen LogP contribution in [0.2, 0.25) is 18.1 Å². The van der Waals surface area contributed by atoms with E-state index in [1.54, 1.807) is 3.97 Å². The van der Waals surface area contributed by atoms with E-state index >= 15 is 0 Å². The minimum absolute atomic E-state index is 0.00553. The van der Waals surface area contributed by atoms with E-state index in [9.17, 15) is 4.21 Å². The van der Waals surface area contributed by atoms with Gasteiger partial charge in [0.25, 0.3) is 6.33 Å². The quantitative estimate of drug-likeness (QED) is 0.625. The molecule has 1 heterocycles. The Labute approximate surface area is 119 Å². The largest absolute Gasteiger partial charge is 0.257 e. The zero-order valence-corrected chi connectivity index (χ0v) is 15.3. The number of aromatic nitrogens is 2.